The summed E-state index contributed by atoms with van der Waals surface area (Å²) in [4.78, 5) is 0. The Balaban J connectivity index is 2.59. The van der Waals surface area contributed by atoms with Gasteiger partial charge in [-0.1, -0.05) is 0 Å². The van der Waals surface area contributed by atoms with Crippen LogP contribution in [0.3, 0.4) is 0 Å². The fraction of sp³-hybridized carbons (Fsp3) is 0.300. The van der Waals surface area contributed by atoms with Gasteiger partial charge in [-0.3, -0.25) is 0 Å². The monoisotopic (exact) mass is 216 g/mol. The Kier molecular flexibility index (Phi) is 4.34. The normalized spacial score (nSPS) is 12.5. The van der Waals surface area contributed by atoms with Crippen molar-refractivity contribution in [2.24, 2.45) is 0 Å². The van der Waals surface area contributed by atoms with Crippen LogP contribution in [0.4, 0.5) is 0 Å². The van der Waals surface area contributed by atoms with Crippen LogP contribution in [0.5, 0.6) is 0 Å². The summed E-state index contributed by atoms with van der Waals surface area (Å²) < 4.78 is 5.66. The van der Waals surface area contributed by atoms with Gasteiger partial charge in [0.15, 0.2) is 0 Å². The van der Waals surface area contributed by atoms with E-state index < -0.39 is 6.10 Å². The first-order valence-corrected chi connectivity index (χ1v) is 4.67. The molecular weight excluding hydrogens is 204 g/mol. The average Bonchev–Trinajstić information content (AvgIpc) is 2.19. The molecule has 1 aromatic rings. The second-order valence-corrected chi connectivity index (χ2v) is 3.42. The Morgan fingerprint density at radius 3 is 2.62 bits per heavy atom. The van der Waals surface area contributed by atoms with Crippen LogP contribution < -0.4 is 0 Å². The van der Waals surface area contributed by atoms with E-state index in [0.717, 1.165) is 10.1 Å². The van der Waals surface area contributed by atoms with Crippen LogP contribution in [0.1, 0.15) is 18.1 Å². The van der Waals surface area contributed by atoms with Gasteiger partial charge in [-0.2, -0.15) is 0 Å². The second-order valence-electron chi connectivity index (χ2n) is 2.71. The molecule has 0 spiro atoms. The van der Waals surface area contributed by atoms with Crippen molar-refractivity contribution in [1.82, 2.24) is 0 Å². The zero-order valence-electron chi connectivity index (χ0n) is 7.43. The number of methoxy groups -OCH3 is 1. The van der Waals surface area contributed by atoms with Crippen molar-refractivity contribution in [1.29, 1.82) is 0 Å². The average molecular weight is 216 g/mol. The first-order valence-electron chi connectivity index (χ1n) is 4.04. The predicted molar refractivity (Wildman–Crippen MR) is 48.0 cm³/mol. The third-order valence-electron chi connectivity index (χ3n) is 1.77. The van der Waals surface area contributed by atoms with Crippen molar-refractivity contribution in [3.63, 3.8) is 0 Å². The fourth-order valence-electron chi connectivity index (χ4n) is 1.03. The van der Waals surface area contributed by atoms with Gasteiger partial charge in [0.1, 0.15) is 0 Å². The molecule has 1 aromatic carbocycles. The Hall–Kier alpha value is -0.458. The molecule has 0 aliphatic heterocycles. The summed E-state index contributed by atoms with van der Waals surface area (Å²) in [6.07, 6.45) is 0.0120. The molecule has 1 N–H and O–H groups in total. The maximum absolute atomic E-state index is 9.70. The van der Waals surface area contributed by atoms with Crippen LogP contribution in [-0.2, 0) is 20.6 Å². The summed E-state index contributed by atoms with van der Waals surface area (Å²) in [7, 11) is 1.59. The van der Waals surface area contributed by atoms with Crippen LogP contribution in [0.25, 0.3) is 0 Å². The van der Waals surface area contributed by atoms with Crippen LogP contribution in [0.2, 0.25) is 0 Å². The zero-order chi connectivity index (χ0) is 9.68. The standard InChI is InChI=1S/C10H12O2.Cr/c1-12-8-7-10(11)9-5-3-2-4-6-9;/h2-6,10-11H,7H2,1H3;. The van der Waals surface area contributed by atoms with Gasteiger partial charge in [0, 0.05) is 0 Å². The maximum atomic E-state index is 9.70. The first kappa shape index (κ1) is 10.6. The number of hydrogen-bond donors (Lipinski definition) is 1. The molecule has 1 unspecified atom stereocenters. The number of aliphatic hydroxyl groups excluding tert-OH is 1. The summed E-state index contributed by atoms with van der Waals surface area (Å²) >= 11 is 2.76. The van der Waals surface area contributed by atoms with E-state index in [1.165, 1.54) is 0 Å². The molecule has 0 saturated carbocycles. The molecule has 70 valence electrons. The number of ether oxygens (including phenoxy) is 1. The number of rotatable bonds is 4. The number of benzene rings is 1. The van der Waals surface area contributed by atoms with Gasteiger partial charge in [0.2, 0.25) is 0 Å². The van der Waals surface area contributed by atoms with Crippen molar-refractivity contribution in [3.05, 3.63) is 35.9 Å². The Bertz CT molecular complexity index is 272. The molecule has 13 heavy (non-hydrogen) atoms. The Morgan fingerprint density at radius 1 is 1.46 bits per heavy atom. The van der Waals surface area contributed by atoms with E-state index in [-0.39, 0.29) is 0 Å². The van der Waals surface area contributed by atoms with Crippen molar-refractivity contribution in [2.75, 3.05) is 7.11 Å². The van der Waals surface area contributed by atoms with Crippen molar-refractivity contribution in [2.45, 2.75) is 12.5 Å². The molecule has 1 rings (SSSR count). The van der Waals surface area contributed by atoms with Gasteiger partial charge < -0.3 is 0 Å². The summed E-state index contributed by atoms with van der Waals surface area (Å²) in [6, 6.07) is 9.53. The predicted octanol–water partition coefficient (Wildman–Crippen LogP) is 1.43. The van der Waals surface area contributed by atoms with E-state index in [1.807, 2.05) is 30.3 Å². The summed E-state index contributed by atoms with van der Waals surface area (Å²) in [5, 5.41) is 9.70. The van der Waals surface area contributed by atoms with E-state index in [9.17, 15) is 5.11 Å². The molecule has 0 aliphatic rings. The van der Waals surface area contributed by atoms with Crippen molar-refractivity contribution >= 4 is 4.57 Å². The van der Waals surface area contributed by atoms with Crippen molar-refractivity contribution in [3.8, 4) is 0 Å². The molecule has 0 heterocycles. The first-order chi connectivity index (χ1) is 6.24. The zero-order valence-corrected chi connectivity index (χ0v) is 8.71. The second kappa shape index (κ2) is 5.31. The van der Waals surface area contributed by atoms with E-state index in [2.05, 4.69) is 15.9 Å². The van der Waals surface area contributed by atoms with Gasteiger partial charge in [-0.05, 0) is 0 Å². The van der Waals surface area contributed by atoms with E-state index in [4.69, 9.17) is 4.74 Å². The quantitative estimate of drug-likeness (QED) is 0.825. The van der Waals surface area contributed by atoms with Gasteiger partial charge >= 0.3 is 85.8 Å². The summed E-state index contributed by atoms with van der Waals surface area (Å²) in [6.45, 7) is 0. The van der Waals surface area contributed by atoms with Crippen LogP contribution >= 0.6 is 0 Å². The summed E-state index contributed by atoms with van der Waals surface area (Å²) in [5.41, 5.74) is 0.910. The molecule has 2 nitrogen and oxygen atoms in total. The van der Waals surface area contributed by atoms with Gasteiger partial charge in [-0.15, -0.1) is 0 Å². The molecule has 0 fully saturated rings. The molecule has 0 radical (unpaired) electrons. The van der Waals surface area contributed by atoms with Gasteiger partial charge in [0.05, 0.1) is 0 Å². The summed E-state index contributed by atoms with van der Waals surface area (Å²) in [5.74, 6) is 0. The minimum atomic E-state index is -0.489. The van der Waals surface area contributed by atoms with E-state index >= 15 is 0 Å². The number of hydrogen-bond acceptors (Lipinski definition) is 2. The molecule has 0 amide bonds. The number of aliphatic hydroxyl groups is 1. The third kappa shape index (κ3) is 3.42. The molecule has 0 aliphatic carbocycles. The van der Waals surface area contributed by atoms with E-state index in [0.29, 0.717) is 6.42 Å². The Labute approximate surface area is 86.1 Å². The minimum absolute atomic E-state index is 0.489. The van der Waals surface area contributed by atoms with Gasteiger partial charge in [0.25, 0.3) is 0 Å². The third-order valence-corrected chi connectivity index (χ3v) is 2.29. The molecule has 0 bridgehead atoms. The molecule has 0 saturated heterocycles. The Morgan fingerprint density at radius 2 is 2.08 bits per heavy atom. The van der Waals surface area contributed by atoms with Crippen LogP contribution in [0.15, 0.2) is 30.3 Å². The topological polar surface area (TPSA) is 29.5 Å². The SMILES string of the molecule is CO[C](=[Cr])CC(O)c1ccccc1. The van der Waals surface area contributed by atoms with Crippen molar-refractivity contribution < 1.29 is 25.7 Å². The van der Waals surface area contributed by atoms with Crippen LogP contribution in [-0.4, -0.2) is 16.8 Å². The molecule has 0 aromatic heterocycles. The van der Waals surface area contributed by atoms with Crippen LogP contribution in [0, 0.1) is 0 Å². The molecule has 3 heteroatoms. The fourth-order valence-corrected chi connectivity index (χ4v) is 1.28. The van der Waals surface area contributed by atoms with Gasteiger partial charge in [-0.25, -0.2) is 0 Å². The molecular formula is C10H12CrO2. The van der Waals surface area contributed by atoms with E-state index in [1.54, 1.807) is 7.11 Å². The molecule has 1 atom stereocenters.